The molecule has 0 saturated carbocycles. The monoisotopic (exact) mass is 251 g/mol. The number of likely N-dealkylation sites (N-methyl/N-ethyl adjacent to an activating group) is 1. The highest BCUT2D eigenvalue weighted by molar-refractivity contribution is 5.77. The first-order valence-electron chi connectivity index (χ1n) is 6.05. The van der Waals surface area contributed by atoms with E-state index in [0.29, 0.717) is 19.7 Å². The molecule has 1 N–H and O–H groups in total. The lowest BCUT2D eigenvalue weighted by molar-refractivity contribution is -0.122. The van der Waals surface area contributed by atoms with Crippen LogP contribution in [0.2, 0.25) is 0 Å². The van der Waals surface area contributed by atoms with E-state index in [1.807, 2.05) is 24.1 Å². The van der Waals surface area contributed by atoms with Crippen molar-refractivity contribution in [3.63, 3.8) is 0 Å². The summed E-state index contributed by atoms with van der Waals surface area (Å²) in [5.74, 6) is 0.0441. The summed E-state index contributed by atoms with van der Waals surface area (Å²) >= 11 is 0. The first-order chi connectivity index (χ1) is 8.72. The van der Waals surface area contributed by atoms with Gasteiger partial charge >= 0.3 is 0 Å². The zero-order valence-corrected chi connectivity index (χ0v) is 11.1. The SMILES string of the molecule is COCCCNC(=O)CN(C)Cc1ccncc1. The van der Waals surface area contributed by atoms with Crippen LogP contribution in [0.5, 0.6) is 0 Å². The van der Waals surface area contributed by atoms with E-state index in [9.17, 15) is 4.79 Å². The lowest BCUT2D eigenvalue weighted by Crippen LogP contribution is -2.35. The summed E-state index contributed by atoms with van der Waals surface area (Å²) < 4.78 is 4.92. The second-order valence-electron chi connectivity index (χ2n) is 4.22. The molecule has 0 atom stereocenters. The van der Waals surface area contributed by atoms with Crippen molar-refractivity contribution >= 4 is 5.91 Å². The second-order valence-corrected chi connectivity index (χ2v) is 4.22. The first-order valence-corrected chi connectivity index (χ1v) is 6.05. The van der Waals surface area contributed by atoms with Crippen LogP contribution in [0.15, 0.2) is 24.5 Å². The summed E-state index contributed by atoms with van der Waals surface area (Å²) in [5.41, 5.74) is 1.15. The average Bonchev–Trinajstić information content (AvgIpc) is 2.35. The number of aromatic nitrogens is 1. The molecule has 1 heterocycles. The number of methoxy groups -OCH3 is 1. The summed E-state index contributed by atoms with van der Waals surface area (Å²) in [6.07, 6.45) is 4.36. The largest absolute Gasteiger partial charge is 0.385 e. The van der Waals surface area contributed by atoms with Crippen LogP contribution in [-0.4, -0.2) is 49.6 Å². The molecule has 0 aliphatic heterocycles. The Morgan fingerprint density at radius 2 is 2.17 bits per heavy atom. The summed E-state index contributed by atoms with van der Waals surface area (Å²) in [4.78, 5) is 17.5. The van der Waals surface area contributed by atoms with Gasteiger partial charge in [-0.1, -0.05) is 0 Å². The summed E-state index contributed by atoms with van der Waals surface area (Å²) in [7, 11) is 3.58. The van der Waals surface area contributed by atoms with Crippen molar-refractivity contribution in [3.05, 3.63) is 30.1 Å². The molecule has 1 aromatic heterocycles. The van der Waals surface area contributed by atoms with Gasteiger partial charge in [0.1, 0.15) is 0 Å². The number of ether oxygens (including phenoxy) is 1. The molecule has 0 aliphatic rings. The minimum atomic E-state index is 0.0441. The van der Waals surface area contributed by atoms with Gasteiger partial charge in [0, 0.05) is 39.2 Å². The zero-order valence-electron chi connectivity index (χ0n) is 11.1. The average molecular weight is 251 g/mol. The Kier molecular flexibility index (Phi) is 6.98. The molecule has 100 valence electrons. The number of nitrogens with one attached hydrogen (secondary N) is 1. The number of carbonyl (C=O) groups excluding carboxylic acids is 1. The molecular formula is C13H21N3O2. The van der Waals surface area contributed by atoms with Gasteiger partial charge in [0.15, 0.2) is 0 Å². The van der Waals surface area contributed by atoms with Gasteiger partial charge in [-0.3, -0.25) is 14.7 Å². The van der Waals surface area contributed by atoms with Crippen LogP contribution in [0.3, 0.4) is 0 Å². The number of hydrogen-bond donors (Lipinski definition) is 1. The molecule has 1 amide bonds. The Hall–Kier alpha value is -1.46. The molecule has 0 aromatic carbocycles. The molecule has 0 aliphatic carbocycles. The van der Waals surface area contributed by atoms with Crippen LogP contribution in [0, 0.1) is 0 Å². The Bertz CT molecular complexity index is 343. The van der Waals surface area contributed by atoms with E-state index in [-0.39, 0.29) is 5.91 Å². The molecule has 0 fully saturated rings. The van der Waals surface area contributed by atoms with E-state index >= 15 is 0 Å². The van der Waals surface area contributed by atoms with Crippen LogP contribution < -0.4 is 5.32 Å². The number of carbonyl (C=O) groups is 1. The number of pyridine rings is 1. The molecule has 0 saturated heterocycles. The van der Waals surface area contributed by atoms with Crippen molar-refractivity contribution in [2.75, 3.05) is 33.9 Å². The highest BCUT2D eigenvalue weighted by Crippen LogP contribution is 2.00. The maximum absolute atomic E-state index is 11.6. The summed E-state index contributed by atoms with van der Waals surface area (Å²) in [6, 6.07) is 3.90. The molecule has 1 aromatic rings. The normalized spacial score (nSPS) is 10.6. The van der Waals surface area contributed by atoms with Crippen molar-refractivity contribution in [1.29, 1.82) is 0 Å². The van der Waals surface area contributed by atoms with Crippen LogP contribution in [0.25, 0.3) is 0 Å². The maximum Gasteiger partial charge on any atom is 0.234 e. The predicted molar refractivity (Wildman–Crippen MR) is 70.1 cm³/mol. The van der Waals surface area contributed by atoms with E-state index in [1.165, 1.54) is 0 Å². The lowest BCUT2D eigenvalue weighted by Gasteiger charge is -2.16. The third-order valence-electron chi connectivity index (χ3n) is 2.46. The smallest absolute Gasteiger partial charge is 0.234 e. The van der Waals surface area contributed by atoms with E-state index in [1.54, 1.807) is 19.5 Å². The Balaban J connectivity index is 2.19. The number of amides is 1. The van der Waals surface area contributed by atoms with Crippen molar-refractivity contribution in [1.82, 2.24) is 15.2 Å². The second kappa shape index (κ2) is 8.60. The molecule has 1 rings (SSSR count). The minimum Gasteiger partial charge on any atom is -0.385 e. The standard InChI is InChI=1S/C13H21N3O2/c1-16(10-12-4-7-14-8-5-12)11-13(17)15-6-3-9-18-2/h4-5,7-8H,3,6,9-11H2,1-2H3,(H,15,17). The Morgan fingerprint density at radius 3 is 2.83 bits per heavy atom. The molecule has 0 unspecified atom stereocenters. The molecule has 5 heteroatoms. The first kappa shape index (κ1) is 14.6. The van der Waals surface area contributed by atoms with Gasteiger partial charge < -0.3 is 10.1 Å². The van der Waals surface area contributed by atoms with Crippen LogP contribution in [-0.2, 0) is 16.1 Å². The van der Waals surface area contributed by atoms with Crippen molar-refractivity contribution in [2.45, 2.75) is 13.0 Å². The fourth-order valence-corrected chi connectivity index (χ4v) is 1.60. The predicted octanol–water partition coefficient (Wildman–Crippen LogP) is 0.666. The summed E-state index contributed by atoms with van der Waals surface area (Å²) in [5, 5.41) is 2.86. The fraction of sp³-hybridized carbons (Fsp3) is 0.538. The highest BCUT2D eigenvalue weighted by Gasteiger charge is 2.06. The van der Waals surface area contributed by atoms with Crippen LogP contribution in [0.4, 0.5) is 0 Å². The Labute approximate surface area is 108 Å². The third kappa shape index (κ3) is 6.32. The molecular weight excluding hydrogens is 230 g/mol. The van der Waals surface area contributed by atoms with Gasteiger partial charge in [-0.15, -0.1) is 0 Å². The van der Waals surface area contributed by atoms with Crippen LogP contribution >= 0.6 is 0 Å². The molecule has 0 bridgehead atoms. The topological polar surface area (TPSA) is 54.5 Å². The number of rotatable bonds is 8. The minimum absolute atomic E-state index is 0.0441. The zero-order chi connectivity index (χ0) is 13.2. The van der Waals surface area contributed by atoms with Gasteiger partial charge in [-0.05, 0) is 31.2 Å². The lowest BCUT2D eigenvalue weighted by atomic mass is 10.2. The van der Waals surface area contributed by atoms with Gasteiger partial charge in [0.25, 0.3) is 0 Å². The summed E-state index contributed by atoms with van der Waals surface area (Å²) in [6.45, 7) is 2.48. The van der Waals surface area contributed by atoms with Crippen molar-refractivity contribution in [2.24, 2.45) is 0 Å². The maximum atomic E-state index is 11.6. The quantitative estimate of drug-likeness (QED) is 0.690. The van der Waals surface area contributed by atoms with Gasteiger partial charge in [-0.2, -0.15) is 0 Å². The molecule has 0 radical (unpaired) electrons. The number of hydrogen-bond acceptors (Lipinski definition) is 4. The third-order valence-corrected chi connectivity index (χ3v) is 2.46. The van der Waals surface area contributed by atoms with Gasteiger partial charge in [0.2, 0.25) is 5.91 Å². The van der Waals surface area contributed by atoms with Crippen LogP contribution in [0.1, 0.15) is 12.0 Å². The Morgan fingerprint density at radius 1 is 1.44 bits per heavy atom. The van der Waals surface area contributed by atoms with E-state index in [0.717, 1.165) is 18.5 Å². The van der Waals surface area contributed by atoms with Crippen molar-refractivity contribution in [3.8, 4) is 0 Å². The van der Waals surface area contributed by atoms with E-state index < -0.39 is 0 Å². The van der Waals surface area contributed by atoms with Gasteiger partial charge in [-0.25, -0.2) is 0 Å². The molecule has 0 spiro atoms. The van der Waals surface area contributed by atoms with E-state index in [4.69, 9.17) is 4.74 Å². The highest BCUT2D eigenvalue weighted by atomic mass is 16.5. The molecule has 5 nitrogen and oxygen atoms in total. The molecule has 18 heavy (non-hydrogen) atoms. The van der Waals surface area contributed by atoms with E-state index in [2.05, 4.69) is 10.3 Å². The van der Waals surface area contributed by atoms with Crippen molar-refractivity contribution < 1.29 is 9.53 Å². The fourth-order valence-electron chi connectivity index (χ4n) is 1.60. The number of nitrogens with zero attached hydrogens (tertiary/aromatic N) is 2. The van der Waals surface area contributed by atoms with Gasteiger partial charge in [0.05, 0.1) is 6.54 Å².